The van der Waals surface area contributed by atoms with E-state index < -0.39 is 0 Å². The molecule has 0 aliphatic rings. The molecule has 3 aromatic heterocycles. The molecule has 0 atom stereocenters. The monoisotopic (exact) mass is 355 g/mol. The van der Waals surface area contributed by atoms with Crippen LogP contribution in [0.15, 0.2) is 42.3 Å². The minimum atomic E-state index is 0.0559. The lowest BCUT2D eigenvalue weighted by Crippen LogP contribution is -2.26. The zero-order chi connectivity index (χ0) is 17.5. The number of nitrogens with zero attached hydrogens (tertiary/aromatic N) is 4. The molecule has 7 heteroatoms. The third-order valence-electron chi connectivity index (χ3n) is 3.88. The van der Waals surface area contributed by atoms with Gasteiger partial charge >= 0.3 is 0 Å². The molecular weight excluding hydrogens is 334 g/mol. The molecule has 0 aliphatic carbocycles. The molecule has 1 N–H and O–H groups in total. The lowest BCUT2D eigenvalue weighted by molar-refractivity contribution is -0.121. The normalized spacial score (nSPS) is 10.8. The lowest BCUT2D eigenvalue weighted by atomic mass is 10.3. The Morgan fingerprint density at radius 3 is 2.92 bits per heavy atom. The van der Waals surface area contributed by atoms with Gasteiger partial charge in [-0.05, 0) is 12.1 Å². The molecule has 0 saturated carbocycles. The standard InChI is InChI=1S/C18H21N5OS/c1-2-16-20-10-12-23(16)11-6-17(24)21-9-5-15-13-25-18(22-15)14-3-7-19-8-4-14/h3-4,7-8,10,12-13H,2,5-6,9,11H2,1H3,(H,21,24). The molecular formula is C18H21N5OS. The zero-order valence-electron chi connectivity index (χ0n) is 14.2. The Morgan fingerprint density at radius 2 is 2.12 bits per heavy atom. The fourth-order valence-electron chi connectivity index (χ4n) is 2.55. The SMILES string of the molecule is CCc1nccn1CCC(=O)NCCc1csc(-c2ccncc2)n1. The second-order valence-electron chi connectivity index (χ2n) is 5.62. The predicted molar refractivity (Wildman–Crippen MR) is 98.3 cm³/mol. The molecule has 130 valence electrons. The van der Waals surface area contributed by atoms with Gasteiger partial charge in [0, 0.05) is 68.1 Å². The van der Waals surface area contributed by atoms with Crippen LogP contribution in [0.25, 0.3) is 10.6 Å². The van der Waals surface area contributed by atoms with Crippen molar-refractivity contribution in [1.29, 1.82) is 0 Å². The molecule has 25 heavy (non-hydrogen) atoms. The van der Waals surface area contributed by atoms with Gasteiger partial charge in [-0.2, -0.15) is 0 Å². The first-order valence-electron chi connectivity index (χ1n) is 8.37. The van der Waals surface area contributed by atoms with Crippen molar-refractivity contribution < 1.29 is 4.79 Å². The summed E-state index contributed by atoms with van der Waals surface area (Å²) in [4.78, 5) is 24.9. The van der Waals surface area contributed by atoms with E-state index in [0.29, 0.717) is 19.5 Å². The molecule has 0 bridgehead atoms. The summed E-state index contributed by atoms with van der Waals surface area (Å²) in [6, 6.07) is 3.90. The van der Waals surface area contributed by atoms with Crippen molar-refractivity contribution in [2.45, 2.75) is 32.7 Å². The molecule has 0 unspecified atom stereocenters. The van der Waals surface area contributed by atoms with Gasteiger partial charge in [0.2, 0.25) is 5.91 Å². The van der Waals surface area contributed by atoms with E-state index in [1.54, 1.807) is 29.9 Å². The number of hydrogen-bond acceptors (Lipinski definition) is 5. The van der Waals surface area contributed by atoms with Gasteiger partial charge in [0.05, 0.1) is 5.69 Å². The van der Waals surface area contributed by atoms with Crippen LogP contribution in [0, 0.1) is 0 Å². The van der Waals surface area contributed by atoms with Gasteiger partial charge < -0.3 is 9.88 Å². The number of amides is 1. The summed E-state index contributed by atoms with van der Waals surface area (Å²) < 4.78 is 2.03. The number of aryl methyl sites for hydroxylation is 2. The molecule has 3 aromatic rings. The fourth-order valence-corrected chi connectivity index (χ4v) is 3.41. The Labute approximate surface area is 151 Å². The van der Waals surface area contributed by atoms with E-state index >= 15 is 0 Å². The molecule has 3 rings (SSSR count). The van der Waals surface area contributed by atoms with Crippen LogP contribution >= 0.6 is 11.3 Å². The maximum Gasteiger partial charge on any atom is 0.221 e. The van der Waals surface area contributed by atoms with Crippen LogP contribution in [0.2, 0.25) is 0 Å². The molecule has 0 radical (unpaired) electrons. The van der Waals surface area contributed by atoms with Gasteiger partial charge in [-0.15, -0.1) is 11.3 Å². The van der Waals surface area contributed by atoms with E-state index in [0.717, 1.165) is 34.9 Å². The summed E-state index contributed by atoms with van der Waals surface area (Å²) in [6.45, 7) is 3.33. The van der Waals surface area contributed by atoms with Gasteiger partial charge in [-0.3, -0.25) is 9.78 Å². The van der Waals surface area contributed by atoms with Crippen LogP contribution in [0.4, 0.5) is 0 Å². The van der Waals surface area contributed by atoms with E-state index in [-0.39, 0.29) is 5.91 Å². The number of rotatable bonds is 8. The van der Waals surface area contributed by atoms with Crippen LogP contribution in [-0.2, 0) is 24.2 Å². The predicted octanol–water partition coefficient (Wildman–Crippen LogP) is 2.71. The third kappa shape index (κ3) is 4.73. The molecule has 0 saturated heterocycles. The lowest BCUT2D eigenvalue weighted by Gasteiger charge is -2.07. The summed E-state index contributed by atoms with van der Waals surface area (Å²) in [5.74, 6) is 1.07. The molecule has 3 heterocycles. The molecule has 6 nitrogen and oxygen atoms in total. The first-order chi connectivity index (χ1) is 12.3. The zero-order valence-corrected chi connectivity index (χ0v) is 15.0. The van der Waals surface area contributed by atoms with Crippen molar-refractivity contribution in [2.24, 2.45) is 0 Å². The average molecular weight is 355 g/mol. The quantitative estimate of drug-likeness (QED) is 0.674. The summed E-state index contributed by atoms with van der Waals surface area (Å²) in [7, 11) is 0. The van der Waals surface area contributed by atoms with E-state index in [2.05, 4.69) is 27.2 Å². The highest BCUT2D eigenvalue weighted by Crippen LogP contribution is 2.22. The fraction of sp³-hybridized carbons (Fsp3) is 0.333. The van der Waals surface area contributed by atoms with Crippen molar-refractivity contribution in [1.82, 2.24) is 24.8 Å². The molecule has 0 fully saturated rings. The Kier molecular flexibility index (Phi) is 5.90. The maximum absolute atomic E-state index is 12.0. The first kappa shape index (κ1) is 17.3. The number of imidazole rings is 1. The Bertz CT molecular complexity index is 812. The number of aromatic nitrogens is 4. The second kappa shape index (κ2) is 8.53. The number of carbonyl (C=O) groups excluding carboxylic acids is 1. The molecule has 0 spiro atoms. The average Bonchev–Trinajstić information content (AvgIpc) is 3.30. The van der Waals surface area contributed by atoms with Gasteiger partial charge in [-0.1, -0.05) is 6.92 Å². The van der Waals surface area contributed by atoms with E-state index in [9.17, 15) is 4.79 Å². The van der Waals surface area contributed by atoms with E-state index in [1.807, 2.05) is 28.3 Å². The summed E-state index contributed by atoms with van der Waals surface area (Å²) in [5, 5.41) is 5.99. The van der Waals surface area contributed by atoms with Gasteiger partial charge in [0.1, 0.15) is 10.8 Å². The maximum atomic E-state index is 12.0. The number of carbonyl (C=O) groups is 1. The van der Waals surface area contributed by atoms with Gasteiger partial charge in [0.15, 0.2) is 0 Å². The number of pyridine rings is 1. The van der Waals surface area contributed by atoms with Gasteiger partial charge in [-0.25, -0.2) is 9.97 Å². The van der Waals surface area contributed by atoms with Crippen molar-refractivity contribution in [2.75, 3.05) is 6.54 Å². The van der Waals surface area contributed by atoms with Crippen LogP contribution in [0.3, 0.4) is 0 Å². The number of thiazole rings is 1. The Hall–Kier alpha value is -2.54. The van der Waals surface area contributed by atoms with Crippen molar-refractivity contribution >= 4 is 17.2 Å². The van der Waals surface area contributed by atoms with Gasteiger partial charge in [0.25, 0.3) is 0 Å². The van der Waals surface area contributed by atoms with Crippen molar-refractivity contribution in [3.8, 4) is 10.6 Å². The third-order valence-corrected chi connectivity index (χ3v) is 4.82. The topological polar surface area (TPSA) is 72.7 Å². The number of hydrogen-bond donors (Lipinski definition) is 1. The molecule has 1 amide bonds. The van der Waals surface area contributed by atoms with Crippen LogP contribution in [0.5, 0.6) is 0 Å². The summed E-state index contributed by atoms with van der Waals surface area (Å²) >= 11 is 1.61. The highest BCUT2D eigenvalue weighted by atomic mass is 32.1. The minimum Gasteiger partial charge on any atom is -0.356 e. The summed E-state index contributed by atoms with van der Waals surface area (Å²) in [5.41, 5.74) is 2.07. The number of nitrogens with one attached hydrogen (secondary N) is 1. The largest absolute Gasteiger partial charge is 0.356 e. The smallest absolute Gasteiger partial charge is 0.221 e. The van der Waals surface area contributed by atoms with Crippen LogP contribution in [0.1, 0.15) is 24.9 Å². The first-order valence-corrected chi connectivity index (χ1v) is 9.25. The van der Waals surface area contributed by atoms with Crippen LogP contribution in [-0.4, -0.2) is 32.0 Å². The Balaban J connectivity index is 1.42. The van der Waals surface area contributed by atoms with E-state index in [4.69, 9.17) is 0 Å². The highest BCUT2D eigenvalue weighted by molar-refractivity contribution is 7.13. The van der Waals surface area contributed by atoms with Crippen molar-refractivity contribution in [3.63, 3.8) is 0 Å². The van der Waals surface area contributed by atoms with Crippen molar-refractivity contribution in [3.05, 3.63) is 53.8 Å². The summed E-state index contributed by atoms with van der Waals surface area (Å²) in [6.07, 6.45) is 9.29. The van der Waals surface area contributed by atoms with E-state index in [1.165, 1.54) is 0 Å². The molecule has 0 aromatic carbocycles. The minimum absolute atomic E-state index is 0.0559. The highest BCUT2D eigenvalue weighted by Gasteiger charge is 2.07. The second-order valence-corrected chi connectivity index (χ2v) is 6.48. The Morgan fingerprint density at radius 1 is 1.28 bits per heavy atom. The van der Waals surface area contributed by atoms with Crippen LogP contribution < -0.4 is 5.32 Å². The molecule has 0 aliphatic heterocycles.